The summed E-state index contributed by atoms with van der Waals surface area (Å²) in [5.74, 6) is 0. The quantitative estimate of drug-likeness (QED) is 0.697. The first-order valence-corrected chi connectivity index (χ1v) is 7.96. The van der Waals surface area contributed by atoms with Crippen LogP contribution in [-0.4, -0.2) is 24.1 Å². The van der Waals surface area contributed by atoms with Gasteiger partial charge in [0.25, 0.3) is 0 Å². The summed E-state index contributed by atoms with van der Waals surface area (Å²) < 4.78 is 5.01. The standard InChI is InChI=1S/C21H23NO2/c1-3-4-15-20(16-18-11-7-5-8-12-18)22(21(23)24-2)17-19-13-9-6-10-14-19/h3-15,20H,1,16-17H2,2H3/b15-4+/t20-/m1/s1. The molecule has 0 radical (unpaired) electrons. The summed E-state index contributed by atoms with van der Waals surface area (Å²) >= 11 is 0. The van der Waals surface area contributed by atoms with Gasteiger partial charge in [0.05, 0.1) is 13.2 Å². The predicted octanol–water partition coefficient (Wildman–Crippen LogP) is 4.61. The molecule has 1 atom stereocenters. The van der Waals surface area contributed by atoms with Crippen LogP contribution in [0.3, 0.4) is 0 Å². The SMILES string of the molecule is C=C/C=C/[C@H](Cc1ccccc1)N(Cc1ccccc1)C(=O)OC. The number of rotatable bonds is 7. The number of methoxy groups -OCH3 is 1. The molecule has 0 aliphatic carbocycles. The highest BCUT2D eigenvalue weighted by Crippen LogP contribution is 2.16. The molecule has 0 aromatic heterocycles. The van der Waals surface area contributed by atoms with Gasteiger partial charge in [0.15, 0.2) is 0 Å². The predicted molar refractivity (Wildman–Crippen MR) is 97.7 cm³/mol. The maximum atomic E-state index is 12.4. The smallest absolute Gasteiger partial charge is 0.410 e. The Morgan fingerprint density at radius 3 is 2.21 bits per heavy atom. The molecule has 24 heavy (non-hydrogen) atoms. The zero-order valence-corrected chi connectivity index (χ0v) is 14.0. The van der Waals surface area contributed by atoms with Gasteiger partial charge in [-0.25, -0.2) is 4.79 Å². The first-order valence-electron chi connectivity index (χ1n) is 7.96. The van der Waals surface area contributed by atoms with Crippen molar-refractivity contribution in [2.45, 2.75) is 19.0 Å². The Kier molecular flexibility index (Phi) is 6.84. The third-order valence-corrected chi connectivity index (χ3v) is 3.76. The molecule has 2 rings (SSSR count). The molecule has 0 aliphatic heterocycles. The second kappa shape index (κ2) is 9.36. The average molecular weight is 321 g/mol. The van der Waals surface area contributed by atoms with Crippen LogP contribution in [0.15, 0.2) is 85.5 Å². The molecule has 0 spiro atoms. The van der Waals surface area contributed by atoms with Crippen LogP contribution in [0.1, 0.15) is 11.1 Å². The summed E-state index contributed by atoms with van der Waals surface area (Å²) in [6.07, 6.45) is 5.95. The highest BCUT2D eigenvalue weighted by molar-refractivity contribution is 5.68. The lowest BCUT2D eigenvalue weighted by Crippen LogP contribution is -2.40. The van der Waals surface area contributed by atoms with Gasteiger partial charge in [-0.05, 0) is 17.5 Å². The molecule has 0 aliphatic rings. The average Bonchev–Trinajstić information content (AvgIpc) is 2.64. The summed E-state index contributed by atoms with van der Waals surface area (Å²) in [6, 6.07) is 19.9. The molecule has 3 nitrogen and oxygen atoms in total. The van der Waals surface area contributed by atoms with Crippen LogP contribution in [-0.2, 0) is 17.7 Å². The van der Waals surface area contributed by atoms with E-state index in [1.807, 2.05) is 60.7 Å². The molecule has 2 aromatic rings. The van der Waals surface area contributed by atoms with Crippen molar-refractivity contribution in [1.82, 2.24) is 4.90 Å². The molecule has 0 saturated carbocycles. The number of carbonyl (C=O) groups excluding carboxylic acids is 1. The number of hydrogen-bond donors (Lipinski definition) is 0. The number of allylic oxidation sites excluding steroid dienone is 2. The minimum absolute atomic E-state index is 0.113. The summed E-state index contributed by atoms with van der Waals surface area (Å²) in [5, 5.41) is 0. The number of carbonyl (C=O) groups is 1. The number of hydrogen-bond acceptors (Lipinski definition) is 2. The monoisotopic (exact) mass is 321 g/mol. The number of nitrogens with zero attached hydrogens (tertiary/aromatic N) is 1. The fourth-order valence-electron chi connectivity index (χ4n) is 2.56. The summed E-state index contributed by atoms with van der Waals surface area (Å²) in [7, 11) is 1.41. The van der Waals surface area contributed by atoms with Crippen molar-refractivity contribution in [3.63, 3.8) is 0 Å². The maximum Gasteiger partial charge on any atom is 0.410 e. The van der Waals surface area contributed by atoms with E-state index in [0.29, 0.717) is 13.0 Å². The zero-order valence-electron chi connectivity index (χ0n) is 14.0. The molecular weight excluding hydrogens is 298 g/mol. The fraction of sp³-hybridized carbons (Fsp3) is 0.190. The van der Waals surface area contributed by atoms with E-state index in [1.54, 1.807) is 11.0 Å². The molecule has 0 unspecified atom stereocenters. The molecule has 0 saturated heterocycles. The lowest BCUT2D eigenvalue weighted by atomic mass is 10.0. The molecular formula is C21H23NO2. The number of amides is 1. The van der Waals surface area contributed by atoms with Crippen molar-refractivity contribution in [3.8, 4) is 0 Å². The van der Waals surface area contributed by atoms with E-state index in [1.165, 1.54) is 7.11 Å². The minimum atomic E-state index is -0.339. The molecule has 0 bridgehead atoms. The van der Waals surface area contributed by atoms with Crippen molar-refractivity contribution >= 4 is 6.09 Å². The molecule has 3 heteroatoms. The zero-order chi connectivity index (χ0) is 17.2. The number of ether oxygens (including phenoxy) is 1. The highest BCUT2D eigenvalue weighted by atomic mass is 16.5. The van der Waals surface area contributed by atoms with Gasteiger partial charge in [-0.1, -0.05) is 85.5 Å². The van der Waals surface area contributed by atoms with Gasteiger partial charge in [0.2, 0.25) is 0 Å². The van der Waals surface area contributed by atoms with Crippen LogP contribution in [0.5, 0.6) is 0 Å². The van der Waals surface area contributed by atoms with Crippen molar-refractivity contribution in [1.29, 1.82) is 0 Å². The summed E-state index contributed by atoms with van der Waals surface area (Å²) in [6.45, 7) is 4.22. The molecule has 124 valence electrons. The minimum Gasteiger partial charge on any atom is -0.453 e. The van der Waals surface area contributed by atoms with Crippen LogP contribution in [0, 0.1) is 0 Å². The lowest BCUT2D eigenvalue weighted by Gasteiger charge is -2.29. The van der Waals surface area contributed by atoms with E-state index in [2.05, 4.69) is 18.7 Å². The third kappa shape index (κ3) is 5.13. The van der Waals surface area contributed by atoms with Gasteiger partial charge in [-0.2, -0.15) is 0 Å². The van der Waals surface area contributed by atoms with Crippen LogP contribution in [0.25, 0.3) is 0 Å². The largest absolute Gasteiger partial charge is 0.453 e. The molecule has 1 amide bonds. The molecule has 2 aromatic carbocycles. The Bertz CT molecular complexity index is 665. The van der Waals surface area contributed by atoms with E-state index in [9.17, 15) is 4.79 Å². The Labute approximate surface area is 143 Å². The Hall–Kier alpha value is -2.81. The molecule has 0 heterocycles. The first-order chi connectivity index (χ1) is 11.7. The van der Waals surface area contributed by atoms with Crippen LogP contribution >= 0.6 is 0 Å². The third-order valence-electron chi connectivity index (χ3n) is 3.76. The van der Waals surface area contributed by atoms with Gasteiger partial charge in [-0.3, -0.25) is 4.90 Å². The van der Waals surface area contributed by atoms with E-state index >= 15 is 0 Å². The van der Waals surface area contributed by atoms with E-state index in [-0.39, 0.29) is 12.1 Å². The molecule has 0 N–H and O–H groups in total. The van der Waals surface area contributed by atoms with Crippen molar-refractivity contribution < 1.29 is 9.53 Å². The molecule has 0 fully saturated rings. The Morgan fingerprint density at radius 2 is 1.67 bits per heavy atom. The highest BCUT2D eigenvalue weighted by Gasteiger charge is 2.23. The summed E-state index contributed by atoms with van der Waals surface area (Å²) in [5.41, 5.74) is 2.23. The normalized spacial score (nSPS) is 11.9. The van der Waals surface area contributed by atoms with Crippen LogP contribution in [0.2, 0.25) is 0 Å². The first kappa shape index (κ1) is 17.5. The maximum absolute atomic E-state index is 12.4. The van der Waals surface area contributed by atoms with E-state index in [4.69, 9.17) is 4.74 Å². The van der Waals surface area contributed by atoms with E-state index < -0.39 is 0 Å². The van der Waals surface area contributed by atoms with Crippen LogP contribution < -0.4 is 0 Å². The van der Waals surface area contributed by atoms with Crippen molar-refractivity contribution in [2.75, 3.05) is 7.11 Å². The fourth-order valence-corrected chi connectivity index (χ4v) is 2.56. The van der Waals surface area contributed by atoms with Gasteiger partial charge in [-0.15, -0.1) is 0 Å². The van der Waals surface area contributed by atoms with E-state index in [0.717, 1.165) is 11.1 Å². The second-order valence-electron chi connectivity index (χ2n) is 5.46. The van der Waals surface area contributed by atoms with Crippen LogP contribution in [0.4, 0.5) is 4.79 Å². The van der Waals surface area contributed by atoms with Gasteiger partial charge < -0.3 is 4.74 Å². The second-order valence-corrected chi connectivity index (χ2v) is 5.46. The topological polar surface area (TPSA) is 29.5 Å². The van der Waals surface area contributed by atoms with Crippen molar-refractivity contribution in [3.05, 3.63) is 96.6 Å². The lowest BCUT2D eigenvalue weighted by molar-refractivity contribution is 0.110. The van der Waals surface area contributed by atoms with Crippen molar-refractivity contribution in [2.24, 2.45) is 0 Å². The Balaban J connectivity index is 2.27. The van der Waals surface area contributed by atoms with Gasteiger partial charge in [0.1, 0.15) is 0 Å². The number of benzene rings is 2. The van der Waals surface area contributed by atoms with Gasteiger partial charge in [0, 0.05) is 6.54 Å². The summed E-state index contributed by atoms with van der Waals surface area (Å²) in [4.78, 5) is 14.1. The van der Waals surface area contributed by atoms with Gasteiger partial charge >= 0.3 is 6.09 Å². The Morgan fingerprint density at radius 1 is 1.08 bits per heavy atom.